The van der Waals surface area contributed by atoms with E-state index in [0.29, 0.717) is 18.7 Å². The molecule has 1 heterocycles. The fraction of sp³-hybridized carbons (Fsp3) is 0.500. The average molecular weight is 266 g/mol. The van der Waals surface area contributed by atoms with Crippen molar-refractivity contribution >= 4 is 12.0 Å². The molecule has 0 aliphatic carbocycles. The molecule has 1 atom stereocenters. The van der Waals surface area contributed by atoms with Crippen LogP contribution >= 0.6 is 0 Å². The Kier molecular flexibility index (Phi) is 5.72. The maximum absolute atomic E-state index is 11.4. The van der Waals surface area contributed by atoms with Gasteiger partial charge < -0.3 is 15.7 Å². The van der Waals surface area contributed by atoms with Crippen LogP contribution in [0.25, 0.3) is 0 Å². The minimum atomic E-state index is -0.864. The summed E-state index contributed by atoms with van der Waals surface area (Å²) in [4.78, 5) is 30.1. The van der Waals surface area contributed by atoms with E-state index in [0.717, 1.165) is 5.69 Å². The first-order valence-corrected chi connectivity index (χ1v) is 6.01. The molecule has 0 fully saturated rings. The average Bonchev–Trinajstić information content (AvgIpc) is 2.37. The predicted octanol–water partition coefficient (Wildman–Crippen LogP) is 0.695. The van der Waals surface area contributed by atoms with Crippen LogP contribution in [0.3, 0.4) is 0 Å². The van der Waals surface area contributed by atoms with Gasteiger partial charge in [0.25, 0.3) is 0 Å². The van der Waals surface area contributed by atoms with Crippen molar-refractivity contribution in [1.29, 1.82) is 0 Å². The number of aliphatic carboxylic acids is 1. The minimum Gasteiger partial charge on any atom is -0.481 e. The first-order chi connectivity index (χ1) is 8.99. The molecule has 1 rings (SSSR count). The number of hydrogen-bond acceptors (Lipinski definition) is 4. The van der Waals surface area contributed by atoms with E-state index in [4.69, 9.17) is 5.11 Å². The summed E-state index contributed by atoms with van der Waals surface area (Å²) >= 11 is 0. The summed E-state index contributed by atoms with van der Waals surface area (Å²) in [5.74, 6) is -1.33. The summed E-state index contributed by atoms with van der Waals surface area (Å²) in [7, 11) is 0. The molecule has 0 radical (unpaired) electrons. The van der Waals surface area contributed by atoms with Crippen LogP contribution in [-0.2, 0) is 11.3 Å². The summed E-state index contributed by atoms with van der Waals surface area (Å²) < 4.78 is 0. The van der Waals surface area contributed by atoms with Gasteiger partial charge in [-0.3, -0.25) is 14.8 Å². The molecule has 0 spiro atoms. The fourth-order valence-electron chi connectivity index (χ4n) is 1.27. The second-order valence-corrected chi connectivity index (χ2v) is 4.29. The summed E-state index contributed by atoms with van der Waals surface area (Å²) in [5.41, 5.74) is 1.48. The second kappa shape index (κ2) is 7.30. The van der Waals surface area contributed by atoms with Crippen LogP contribution < -0.4 is 10.6 Å². The standard InChI is InChI=1S/C12H18N4O3/c1-8(11(17)18)3-4-13-12(19)16-7-10-6-14-9(2)5-15-10/h5-6,8H,3-4,7H2,1-2H3,(H,17,18)(H2,13,16,19). The number of carboxylic acids is 1. The van der Waals surface area contributed by atoms with Crippen molar-refractivity contribution in [2.24, 2.45) is 5.92 Å². The molecule has 3 N–H and O–H groups in total. The number of rotatable bonds is 6. The Balaban J connectivity index is 2.21. The van der Waals surface area contributed by atoms with E-state index < -0.39 is 11.9 Å². The van der Waals surface area contributed by atoms with Crippen molar-refractivity contribution in [2.75, 3.05) is 6.54 Å². The van der Waals surface area contributed by atoms with Crippen LogP contribution in [-0.4, -0.2) is 33.6 Å². The number of nitrogens with one attached hydrogen (secondary N) is 2. The summed E-state index contributed by atoms with van der Waals surface area (Å²) in [6.07, 6.45) is 3.62. The summed E-state index contributed by atoms with van der Waals surface area (Å²) in [5, 5.41) is 13.9. The highest BCUT2D eigenvalue weighted by Gasteiger charge is 2.10. The normalized spacial score (nSPS) is 11.7. The predicted molar refractivity (Wildman–Crippen MR) is 68.4 cm³/mol. The van der Waals surface area contributed by atoms with Crippen LogP contribution in [0.4, 0.5) is 4.79 Å². The van der Waals surface area contributed by atoms with Crippen LogP contribution in [0.2, 0.25) is 0 Å². The molecule has 0 aliphatic heterocycles. The first kappa shape index (κ1) is 14.9. The molecule has 0 aliphatic rings. The summed E-state index contributed by atoms with van der Waals surface area (Å²) in [6, 6.07) is -0.347. The molecule has 1 unspecified atom stereocenters. The SMILES string of the molecule is Cc1cnc(CNC(=O)NCCC(C)C(=O)O)cn1. The van der Waals surface area contributed by atoms with Gasteiger partial charge in [0.2, 0.25) is 0 Å². The molecule has 19 heavy (non-hydrogen) atoms. The first-order valence-electron chi connectivity index (χ1n) is 6.01. The van der Waals surface area contributed by atoms with Gasteiger partial charge in [0.05, 0.1) is 30.0 Å². The lowest BCUT2D eigenvalue weighted by Crippen LogP contribution is -2.36. The van der Waals surface area contributed by atoms with E-state index in [9.17, 15) is 9.59 Å². The molecule has 0 saturated carbocycles. The Morgan fingerprint density at radius 3 is 2.63 bits per heavy atom. The number of amides is 2. The zero-order valence-corrected chi connectivity index (χ0v) is 11.0. The van der Waals surface area contributed by atoms with Gasteiger partial charge >= 0.3 is 12.0 Å². The number of aryl methyl sites for hydroxylation is 1. The summed E-state index contributed by atoms with van der Waals surface area (Å²) in [6.45, 7) is 4.04. The molecule has 0 saturated heterocycles. The van der Waals surface area contributed by atoms with E-state index in [1.54, 1.807) is 19.3 Å². The van der Waals surface area contributed by atoms with Gasteiger partial charge in [0.1, 0.15) is 0 Å². The number of carboxylic acid groups (broad SMARTS) is 1. The minimum absolute atomic E-state index is 0.285. The number of hydrogen-bond donors (Lipinski definition) is 3. The lowest BCUT2D eigenvalue weighted by molar-refractivity contribution is -0.141. The van der Waals surface area contributed by atoms with Gasteiger partial charge in [0.15, 0.2) is 0 Å². The quantitative estimate of drug-likeness (QED) is 0.703. The Labute approximate surface area is 111 Å². The topological polar surface area (TPSA) is 104 Å². The monoisotopic (exact) mass is 266 g/mol. The van der Waals surface area contributed by atoms with Crippen molar-refractivity contribution in [3.8, 4) is 0 Å². The van der Waals surface area contributed by atoms with Gasteiger partial charge in [0, 0.05) is 12.7 Å². The largest absolute Gasteiger partial charge is 0.481 e. The van der Waals surface area contributed by atoms with Crippen LogP contribution in [0.5, 0.6) is 0 Å². The number of urea groups is 1. The molecule has 7 heteroatoms. The third-order valence-electron chi connectivity index (χ3n) is 2.55. The highest BCUT2D eigenvalue weighted by atomic mass is 16.4. The fourth-order valence-corrected chi connectivity index (χ4v) is 1.27. The zero-order chi connectivity index (χ0) is 14.3. The number of aromatic nitrogens is 2. The van der Waals surface area contributed by atoms with E-state index in [1.807, 2.05) is 6.92 Å². The maximum Gasteiger partial charge on any atom is 0.315 e. The van der Waals surface area contributed by atoms with Crippen molar-refractivity contribution in [2.45, 2.75) is 26.8 Å². The molecule has 1 aromatic heterocycles. The number of nitrogens with zero attached hydrogens (tertiary/aromatic N) is 2. The molecule has 0 aromatic carbocycles. The zero-order valence-electron chi connectivity index (χ0n) is 11.0. The van der Waals surface area contributed by atoms with Crippen molar-refractivity contribution < 1.29 is 14.7 Å². The lowest BCUT2D eigenvalue weighted by Gasteiger charge is -2.09. The van der Waals surface area contributed by atoms with Gasteiger partial charge in [-0.25, -0.2) is 4.79 Å². The van der Waals surface area contributed by atoms with Gasteiger partial charge in [-0.2, -0.15) is 0 Å². The third-order valence-corrected chi connectivity index (χ3v) is 2.55. The van der Waals surface area contributed by atoms with Crippen LogP contribution in [0.15, 0.2) is 12.4 Å². The molecule has 0 bridgehead atoms. The van der Waals surface area contributed by atoms with Crippen molar-refractivity contribution in [3.05, 3.63) is 23.8 Å². The Hall–Kier alpha value is -2.18. The number of carbonyl (C=O) groups is 2. The Morgan fingerprint density at radius 2 is 2.05 bits per heavy atom. The van der Waals surface area contributed by atoms with Gasteiger partial charge in [-0.15, -0.1) is 0 Å². The smallest absolute Gasteiger partial charge is 0.315 e. The van der Waals surface area contributed by atoms with E-state index in [2.05, 4.69) is 20.6 Å². The molecular formula is C12H18N4O3. The van der Waals surface area contributed by atoms with Crippen molar-refractivity contribution in [1.82, 2.24) is 20.6 Å². The number of carbonyl (C=O) groups excluding carboxylic acids is 1. The highest BCUT2D eigenvalue weighted by molar-refractivity contribution is 5.74. The van der Waals surface area contributed by atoms with E-state index >= 15 is 0 Å². The van der Waals surface area contributed by atoms with Gasteiger partial charge in [-0.05, 0) is 13.3 Å². The van der Waals surface area contributed by atoms with Crippen LogP contribution in [0, 0.1) is 12.8 Å². The van der Waals surface area contributed by atoms with E-state index in [1.165, 1.54) is 0 Å². The molecule has 104 valence electrons. The van der Waals surface area contributed by atoms with Gasteiger partial charge in [-0.1, -0.05) is 6.92 Å². The molecular weight excluding hydrogens is 248 g/mol. The Bertz CT molecular complexity index is 433. The maximum atomic E-state index is 11.4. The van der Waals surface area contributed by atoms with Crippen LogP contribution in [0.1, 0.15) is 24.7 Å². The van der Waals surface area contributed by atoms with E-state index in [-0.39, 0.29) is 12.6 Å². The molecule has 2 amide bonds. The Morgan fingerprint density at radius 1 is 1.32 bits per heavy atom. The third kappa shape index (κ3) is 5.80. The lowest BCUT2D eigenvalue weighted by atomic mass is 10.1. The molecule has 7 nitrogen and oxygen atoms in total. The molecule has 1 aromatic rings. The second-order valence-electron chi connectivity index (χ2n) is 4.29. The highest BCUT2D eigenvalue weighted by Crippen LogP contribution is 1.99. The van der Waals surface area contributed by atoms with Crippen molar-refractivity contribution in [3.63, 3.8) is 0 Å².